The topological polar surface area (TPSA) is 78.9 Å². The number of carbonyl (C=O) groups excluding carboxylic acids is 3. The molecule has 0 aliphatic carbocycles. The fourth-order valence-corrected chi connectivity index (χ4v) is 1.86. The number of benzene rings is 1. The van der Waals surface area contributed by atoms with E-state index in [1.807, 2.05) is 0 Å². The van der Waals surface area contributed by atoms with Gasteiger partial charge >= 0.3 is 17.9 Å². The van der Waals surface area contributed by atoms with Crippen LogP contribution in [-0.4, -0.2) is 37.7 Å². The van der Waals surface area contributed by atoms with Crippen molar-refractivity contribution in [2.24, 2.45) is 0 Å². The van der Waals surface area contributed by atoms with Gasteiger partial charge in [0.05, 0.1) is 16.7 Å². The minimum atomic E-state index is -0.813. The lowest BCUT2D eigenvalue weighted by atomic mass is 10.0. The summed E-state index contributed by atoms with van der Waals surface area (Å²) in [4.78, 5) is 36.5. The number of hydrogen-bond donors (Lipinski definition) is 0. The normalized spacial score (nSPS) is 9.22. The van der Waals surface area contributed by atoms with Gasteiger partial charge in [-0.25, -0.2) is 14.4 Å². The van der Waals surface area contributed by atoms with E-state index >= 15 is 0 Å². The standard InChI is InChI=1S/C21H18O6/c1-4-7-12-25-19(22)16-10-11-17(20(23)26-13-8-5-2)18(15-16)21(24)27-14-9-6-3/h1-3,10-11,15H,7-9,12-14H2. The summed E-state index contributed by atoms with van der Waals surface area (Å²) in [5.74, 6) is 4.74. The molecule has 138 valence electrons. The number of terminal acetylenes is 3. The summed E-state index contributed by atoms with van der Waals surface area (Å²) in [5.41, 5.74) is -0.127. The maximum absolute atomic E-state index is 12.3. The van der Waals surface area contributed by atoms with Gasteiger partial charge < -0.3 is 14.2 Å². The molecule has 27 heavy (non-hydrogen) atoms. The third kappa shape index (κ3) is 6.98. The van der Waals surface area contributed by atoms with Crippen LogP contribution in [0.2, 0.25) is 0 Å². The van der Waals surface area contributed by atoms with Crippen molar-refractivity contribution in [1.29, 1.82) is 0 Å². The minimum absolute atomic E-state index is 0.00318. The molecule has 0 unspecified atom stereocenters. The SMILES string of the molecule is C#CCCOC(=O)c1ccc(C(=O)OCCC#C)c(C(=O)OCCC#C)c1. The molecular weight excluding hydrogens is 348 g/mol. The molecule has 6 nitrogen and oxygen atoms in total. The molecule has 0 N–H and O–H groups in total. The van der Waals surface area contributed by atoms with E-state index in [4.69, 9.17) is 33.5 Å². The lowest BCUT2D eigenvalue weighted by molar-refractivity contribution is 0.0464. The fraction of sp³-hybridized carbons (Fsp3) is 0.286. The van der Waals surface area contributed by atoms with Gasteiger partial charge in [0, 0.05) is 19.3 Å². The van der Waals surface area contributed by atoms with E-state index in [0.29, 0.717) is 0 Å². The van der Waals surface area contributed by atoms with E-state index in [1.165, 1.54) is 18.2 Å². The second kappa shape index (κ2) is 11.8. The second-order valence-electron chi connectivity index (χ2n) is 5.03. The molecule has 0 amide bonds. The van der Waals surface area contributed by atoms with Crippen molar-refractivity contribution >= 4 is 17.9 Å². The van der Waals surface area contributed by atoms with Gasteiger partial charge in [0.2, 0.25) is 0 Å². The molecule has 1 aromatic rings. The number of carbonyl (C=O) groups is 3. The quantitative estimate of drug-likeness (QED) is 0.289. The Labute approximate surface area is 158 Å². The number of ether oxygens (including phenoxy) is 3. The summed E-state index contributed by atoms with van der Waals surface area (Å²) < 4.78 is 15.0. The maximum atomic E-state index is 12.3. The number of hydrogen-bond acceptors (Lipinski definition) is 6. The van der Waals surface area contributed by atoms with Gasteiger partial charge in [-0.3, -0.25) is 0 Å². The summed E-state index contributed by atoms with van der Waals surface area (Å²) in [6.45, 7) is 0.00171. The van der Waals surface area contributed by atoms with Crippen molar-refractivity contribution in [2.45, 2.75) is 19.3 Å². The lowest BCUT2D eigenvalue weighted by Gasteiger charge is -2.11. The van der Waals surface area contributed by atoms with Crippen LogP contribution in [0.3, 0.4) is 0 Å². The third-order valence-electron chi connectivity index (χ3n) is 3.13. The minimum Gasteiger partial charge on any atom is -0.461 e. The van der Waals surface area contributed by atoms with Crippen LogP contribution >= 0.6 is 0 Å². The number of esters is 3. The van der Waals surface area contributed by atoms with Crippen LogP contribution in [0, 0.1) is 37.0 Å². The van der Waals surface area contributed by atoms with Crippen molar-refractivity contribution in [1.82, 2.24) is 0 Å². The van der Waals surface area contributed by atoms with Crippen molar-refractivity contribution in [3.8, 4) is 37.0 Å². The Morgan fingerprint density at radius 2 is 1.15 bits per heavy atom. The molecule has 0 saturated heterocycles. The van der Waals surface area contributed by atoms with Crippen molar-refractivity contribution in [3.05, 3.63) is 34.9 Å². The van der Waals surface area contributed by atoms with Crippen LogP contribution < -0.4 is 0 Å². The molecule has 0 spiro atoms. The maximum Gasteiger partial charge on any atom is 0.339 e. The van der Waals surface area contributed by atoms with Gasteiger partial charge in [0.1, 0.15) is 19.8 Å². The Morgan fingerprint density at radius 1 is 0.704 bits per heavy atom. The second-order valence-corrected chi connectivity index (χ2v) is 5.03. The molecule has 0 bridgehead atoms. The summed E-state index contributed by atoms with van der Waals surface area (Å²) >= 11 is 0. The Morgan fingerprint density at radius 3 is 1.63 bits per heavy atom. The first-order valence-electron chi connectivity index (χ1n) is 8.01. The zero-order valence-electron chi connectivity index (χ0n) is 14.7. The van der Waals surface area contributed by atoms with E-state index in [0.717, 1.165) is 0 Å². The molecule has 0 aromatic heterocycles. The molecule has 0 heterocycles. The zero-order valence-corrected chi connectivity index (χ0v) is 14.7. The Hall–Kier alpha value is -3.69. The van der Waals surface area contributed by atoms with E-state index in [2.05, 4.69) is 17.8 Å². The molecule has 6 heteroatoms. The Balaban J connectivity index is 3.07. The van der Waals surface area contributed by atoms with E-state index < -0.39 is 17.9 Å². The molecule has 0 saturated carbocycles. The molecular formula is C21H18O6. The summed E-state index contributed by atoms with van der Waals surface area (Å²) in [6, 6.07) is 3.83. The predicted octanol–water partition coefficient (Wildman–Crippen LogP) is 2.23. The summed E-state index contributed by atoms with van der Waals surface area (Å²) in [7, 11) is 0. The largest absolute Gasteiger partial charge is 0.461 e. The lowest BCUT2D eigenvalue weighted by Crippen LogP contribution is -2.17. The van der Waals surface area contributed by atoms with Gasteiger partial charge in [0.25, 0.3) is 0 Å². The average Bonchev–Trinajstić information content (AvgIpc) is 2.67. The molecule has 0 radical (unpaired) electrons. The van der Waals surface area contributed by atoms with Crippen LogP contribution in [0.25, 0.3) is 0 Å². The highest BCUT2D eigenvalue weighted by molar-refractivity contribution is 6.05. The summed E-state index contributed by atoms with van der Waals surface area (Å²) in [5, 5.41) is 0. The van der Waals surface area contributed by atoms with Crippen LogP contribution in [0.1, 0.15) is 50.3 Å². The molecule has 0 fully saturated rings. The first kappa shape index (κ1) is 21.4. The predicted molar refractivity (Wildman–Crippen MR) is 97.6 cm³/mol. The fourth-order valence-electron chi connectivity index (χ4n) is 1.86. The van der Waals surface area contributed by atoms with E-state index in [-0.39, 0.29) is 55.8 Å². The Bertz CT molecular complexity index is 817. The van der Waals surface area contributed by atoms with Crippen LogP contribution in [-0.2, 0) is 14.2 Å². The zero-order chi connectivity index (χ0) is 20.1. The van der Waals surface area contributed by atoms with Crippen LogP contribution in [0.4, 0.5) is 0 Å². The molecule has 0 aliphatic heterocycles. The van der Waals surface area contributed by atoms with Gasteiger partial charge in [-0.1, -0.05) is 0 Å². The third-order valence-corrected chi connectivity index (χ3v) is 3.13. The highest BCUT2D eigenvalue weighted by Gasteiger charge is 2.22. The Kier molecular flexibility index (Phi) is 9.33. The van der Waals surface area contributed by atoms with Gasteiger partial charge in [-0.05, 0) is 18.2 Å². The molecule has 1 aromatic carbocycles. The van der Waals surface area contributed by atoms with Gasteiger partial charge in [-0.15, -0.1) is 37.0 Å². The van der Waals surface area contributed by atoms with Gasteiger partial charge in [-0.2, -0.15) is 0 Å². The van der Waals surface area contributed by atoms with E-state index in [1.54, 1.807) is 0 Å². The summed E-state index contributed by atoms with van der Waals surface area (Å²) in [6.07, 6.45) is 16.0. The highest BCUT2D eigenvalue weighted by atomic mass is 16.5. The first-order chi connectivity index (χ1) is 13.0. The van der Waals surface area contributed by atoms with E-state index in [9.17, 15) is 14.4 Å². The monoisotopic (exact) mass is 366 g/mol. The van der Waals surface area contributed by atoms with Crippen molar-refractivity contribution in [3.63, 3.8) is 0 Å². The average molecular weight is 366 g/mol. The van der Waals surface area contributed by atoms with Crippen LogP contribution in [0.15, 0.2) is 18.2 Å². The highest BCUT2D eigenvalue weighted by Crippen LogP contribution is 2.16. The number of rotatable bonds is 9. The van der Waals surface area contributed by atoms with Gasteiger partial charge in [0.15, 0.2) is 0 Å². The van der Waals surface area contributed by atoms with Crippen LogP contribution in [0.5, 0.6) is 0 Å². The molecule has 0 aliphatic rings. The van der Waals surface area contributed by atoms with Crippen molar-refractivity contribution in [2.75, 3.05) is 19.8 Å². The van der Waals surface area contributed by atoms with Crippen molar-refractivity contribution < 1.29 is 28.6 Å². The molecule has 1 rings (SSSR count). The molecule has 0 atom stereocenters. The first-order valence-corrected chi connectivity index (χ1v) is 8.01. The smallest absolute Gasteiger partial charge is 0.339 e.